The summed E-state index contributed by atoms with van der Waals surface area (Å²) < 4.78 is 0. The molecule has 0 aliphatic heterocycles. The van der Waals surface area contributed by atoms with Crippen LogP contribution < -0.4 is 10.6 Å². The Morgan fingerprint density at radius 2 is 1.81 bits per heavy atom. The number of rotatable bonds is 5. The largest absolute Gasteiger partial charge is 0.350 e. The molecule has 3 rings (SSSR count). The fourth-order valence-electron chi connectivity index (χ4n) is 2.37. The normalized spacial score (nSPS) is 10.1. The van der Waals surface area contributed by atoms with Gasteiger partial charge in [0.15, 0.2) is 0 Å². The summed E-state index contributed by atoms with van der Waals surface area (Å²) >= 11 is 5.88. The van der Waals surface area contributed by atoms with Gasteiger partial charge in [-0.05, 0) is 55.0 Å². The van der Waals surface area contributed by atoms with Crippen molar-refractivity contribution in [3.8, 4) is 6.07 Å². The number of hydrogen-bond acceptors (Lipinski definition) is 5. The van der Waals surface area contributed by atoms with Crippen LogP contribution in [0, 0.1) is 18.3 Å². The van der Waals surface area contributed by atoms with Crippen LogP contribution in [0.25, 0.3) is 0 Å². The Labute approximate surface area is 161 Å². The van der Waals surface area contributed by atoms with E-state index in [1.165, 1.54) is 0 Å². The Morgan fingerprint density at radius 1 is 1.11 bits per heavy atom. The van der Waals surface area contributed by atoms with Crippen molar-refractivity contribution in [2.24, 2.45) is 0 Å². The number of carbonyl (C=O) groups excluding carboxylic acids is 1. The summed E-state index contributed by atoms with van der Waals surface area (Å²) in [6.07, 6.45) is 0. The van der Waals surface area contributed by atoms with Crippen molar-refractivity contribution in [2.45, 2.75) is 13.5 Å². The van der Waals surface area contributed by atoms with Crippen LogP contribution >= 0.6 is 11.6 Å². The van der Waals surface area contributed by atoms with Crippen LogP contribution in [0.5, 0.6) is 0 Å². The standard InChI is InChI=1S/C20H16ClN5O/c1-13-10-18(19(27)25-17-8-4-14(11-22)5-9-17)26-20(24-13)23-12-15-2-6-16(21)7-3-15/h2-10H,12H2,1H3,(H,25,27)(H,23,24,26). The third kappa shape index (κ3) is 5.03. The second-order valence-electron chi connectivity index (χ2n) is 5.84. The molecule has 0 fully saturated rings. The zero-order chi connectivity index (χ0) is 19.2. The van der Waals surface area contributed by atoms with E-state index in [-0.39, 0.29) is 11.6 Å². The lowest BCUT2D eigenvalue weighted by Gasteiger charge is -2.09. The van der Waals surface area contributed by atoms with Crippen LogP contribution in [0.3, 0.4) is 0 Å². The number of carbonyl (C=O) groups is 1. The third-order valence-electron chi connectivity index (χ3n) is 3.72. The molecule has 0 spiro atoms. The van der Waals surface area contributed by atoms with E-state index in [0.717, 1.165) is 5.56 Å². The van der Waals surface area contributed by atoms with Gasteiger partial charge >= 0.3 is 0 Å². The summed E-state index contributed by atoms with van der Waals surface area (Å²) in [6.45, 7) is 2.31. The molecule has 3 aromatic rings. The van der Waals surface area contributed by atoms with Gasteiger partial charge in [-0.25, -0.2) is 9.97 Å². The molecule has 1 heterocycles. The molecule has 6 nitrogen and oxygen atoms in total. The smallest absolute Gasteiger partial charge is 0.274 e. The number of nitrogens with one attached hydrogen (secondary N) is 2. The second-order valence-corrected chi connectivity index (χ2v) is 6.28. The van der Waals surface area contributed by atoms with E-state index in [9.17, 15) is 4.79 Å². The Kier molecular flexibility index (Phi) is 5.64. The van der Waals surface area contributed by atoms with Gasteiger partial charge in [-0.2, -0.15) is 5.26 Å². The van der Waals surface area contributed by atoms with Gasteiger partial charge in [0.1, 0.15) is 5.69 Å². The number of nitriles is 1. The number of hydrogen-bond donors (Lipinski definition) is 2. The van der Waals surface area contributed by atoms with Crippen LogP contribution in [0.4, 0.5) is 11.6 Å². The van der Waals surface area contributed by atoms with E-state index in [0.29, 0.717) is 34.5 Å². The van der Waals surface area contributed by atoms with Crippen LogP contribution in [0.2, 0.25) is 5.02 Å². The molecule has 0 unspecified atom stereocenters. The van der Waals surface area contributed by atoms with E-state index in [2.05, 4.69) is 20.6 Å². The summed E-state index contributed by atoms with van der Waals surface area (Å²) in [5.74, 6) is 0.0229. The van der Waals surface area contributed by atoms with E-state index in [1.807, 2.05) is 30.3 Å². The predicted octanol–water partition coefficient (Wildman–Crippen LogP) is 4.17. The lowest BCUT2D eigenvalue weighted by Crippen LogP contribution is -2.16. The first kappa shape index (κ1) is 18.4. The fourth-order valence-corrected chi connectivity index (χ4v) is 2.50. The highest BCUT2D eigenvalue weighted by molar-refractivity contribution is 6.30. The van der Waals surface area contributed by atoms with Gasteiger partial charge in [-0.15, -0.1) is 0 Å². The molecule has 0 atom stereocenters. The van der Waals surface area contributed by atoms with Crippen molar-refractivity contribution in [3.63, 3.8) is 0 Å². The Hall–Kier alpha value is -3.43. The monoisotopic (exact) mass is 377 g/mol. The summed E-state index contributed by atoms with van der Waals surface area (Å²) in [5, 5.41) is 15.4. The molecule has 2 N–H and O–H groups in total. The SMILES string of the molecule is Cc1cc(C(=O)Nc2ccc(C#N)cc2)nc(NCc2ccc(Cl)cc2)n1. The van der Waals surface area contributed by atoms with Crippen LogP contribution in [0.15, 0.2) is 54.6 Å². The maximum absolute atomic E-state index is 12.5. The molecule has 0 saturated heterocycles. The highest BCUT2D eigenvalue weighted by Gasteiger charge is 2.11. The van der Waals surface area contributed by atoms with E-state index in [4.69, 9.17) is 16.9 Å². The van der Waals surface area contributed by atoms with E-state index >= 15 is 0 Å². The van der Waals surface area contributed by atoms with Gasteiger partial charge in [-0.3, -0.25) is 4.79 Å². The second kappa shape index (κ2) is 8.30. The van der Waals surface area contributed by atoms with Gasteiger partial charge < -0.3 is 10.6 Å². The lowest BCUT2D eigenvalue weighted by molar-refractivity contribution is 0.102. The van der Waals surface area contributed by atoms with Crippen molar-refractivity contribution < 1.29 is 4.79 Å². The third-order valence-corrected chi connectivity index (χ3v) is 3.97. The molecule has 2 aromatic carbocycles. The summed E-state index contributed by atoms with van der Waals surface area (Å²) in [7, 11) is 0. The zero-order valence-corrected chi connectivity index (χ0v) is 15.3. The van der Waals surface area contributed by atoms with Gasteiger partial charge in [0, 0.05) is 22.9 Å². The molecule has 0 radical (unpaired) electrons. The lowest BCUT2D eigenvalue weighted by atomic mass is 10.2. The minimum Gasteiger partial charge on any atom is -0.350 e. The fraction of sp³-hybridized carbons (Fsp3) is 0.100. The van der Waals surface area contributed by atoms with Gasteiger partial charge in [0.25, 0.3) is 5.91 Å². The molecular formula is C20H16ClN5O. The molecule has 7 heteroatoms. The average molecular weight is 378 g/mol. The van der Waals surface area contributed by atoms with Gasteiger partial charge in [0.2, 0.25) is 5.95 Å². The number of anilines is 2. The average Bonchev–Trinajstić information content (AvgIpc) is 2.68. The maximum Gasteiger partial charge on any atom is 0.274 e. The molecule has 134 valence electrons. The van der Waals surface area contributed by atoms with Crippen molar-refractivity contribution >= 4 is 29.1 Å². The van der Waals surface area contributed by atoms with Crippen LogP contribution in [0.1, 0.15) is 27.3 Å². The first-order valence-corrected chi connectivity index (χ1v) is 8.57. The number of aryl methyl sites for hydroxylation is 1. The molecule has 1 aromatic heterocycles. The van der Waals surface area contributed by atoms with Gasteiger partial charge in [-0.1, -0.05) is 23.7 Å². The Bertz CT molecular complexity index is 994. The first-order chi connectivity index (χ1) is 13.0. The minimum atomic E-state index is -0.347. The number of benzene rings is 2. The minimum absolute atomic E-state index is 0.255. The Morgan fingerprint density at radius 3 is 2.48 bits per heavy atom. The Balaban J connectivity index is 1.70. The number of nitrogens with zero attached hydrogens (tertiary/aromatic N) is 3. The van der Waals surface area contributed by atoms with E-state index < -0.39 is 0 Å². The van der Waals surface area contributed by atoms with Crippen LogP contribution in [-0.2, 0) is 6.54 Å². The van der Waals surface area contributed by atoms with Crippen molar-refractivity contribution in [1.29, 1.82) is 5.26 Å². The van der Waals surface area contributed by atoms with Crippen molar-refractivity contribution in [2.75, 3.05) is 10.6 Å². The molecule has 1 amide bonds. The number of amides is 1. The molecule has 0 bridgehead atoms. The van der Waals surface area contributed by atoms with Crippen molar-refractivity contribution in [3.05, 3.63) is 82.1 Å². The first-order valence-electron chi connectivity index (χ1n) is 8.19. The van der Waals surface area contributed by atoms with Crippen LogP contribution in [-0.4, -0.2) is 15.9 Å². The maximum atomic E-state index is 12.5. The van der Waals surface area contributed by atoms with Gasteiger partial charge in [0.05, 0.1) is 11.6 Å². The van der Waals surface area contributed by atoms with Crippen molar-refractivity contribution in [1.82, 2.24) is 9.97 Å². The zero-order valence-electron chi connectivity index (χ0n) is 14.5. The number of halogens is 1. The topological polar surface area (TPSA) is 90.7 Å². The summed E-state index contributed by atoms with van der Waals surface area (Å²) in [4.78, 5) is 21.1. The van der Waals surface area contributed by atoms with E-state index in [1.54, 1.807) is 37.3 Å². The highest BCUT2D eigenvalue weighted by Crippen LogP contribution is 2.13. The molecule has 0 saturated carbocycles. The molecule has 0 aliphatic rings. The summed E-state index contributed by atoms with van der Waals surface area (Å²) in [6, 6.07) is 17.7. The quantitative estimate of drug-likeness (QED) is 0.696. The summed E-state index contributed by atoms with van der Waals surface area (Å²) in [5.41, 5.74) is 3.07. The molecular weight excluding hydrogens is 362 g/mol. The highest BCUT2D eigenvalue weighted by atomic mass is 35.5. The predicted molar refractivity (Wildman–Crippen MR) is 105 cm³/mol. The number of aromatic nitrogens is 2. The molecule has 0 aliphatic carbocycles. The molecule has 27 heavy (non-hydrogen) atoms.